The van der Waals surface area contributed by atoms with Crippen LogP contribution in [0.2, 0.25) is 5.02 Å². The van der Waals surface area contributed by atoms with Crippen LogP contribution in [0.1, 0.15) is 41.6 Å². The van der Waals surface area contributed by atoms with Crippen LogP contribution in [-0.2, 0) is 21.0 Å². The maximum absolute atomic E-state index is 13.2. The highest BCUT2D eigenvalue weighted by molar-refractivity contribution is 7.92. The molecule has 1 aliphatic heterocycles. The summed E-state index contributed by atoms with van der Waals surface area (Å²) >= 11 is 6.00. The molecule has 7 nitrogen and oxygen atoms in total. The van der Waals surface area contributed by atoms with Crippen LogP contribution in [0.4, 0.5) is 24.5 Å². The Kier molecular flexibility index (Phi) is 8.32. The van der Waals surface area contributed by atoms with Crippen molar-refractivity contribution in [1.29, 1.82) is 0 Å². The summed E-state index contributed by atoms with van der Waals surface area (Å²) in [6.45, 7) is 0.347. The highest BCUT2D eigenvalue weighted by Gasteiger charge is 2.33. The number of alkyl halides is 3. The summed E-state index contributed by atoms with van der Waals surface area (Å²) in [7, 11) is -4.19. The van der Waals surface area contributed by atoms with Crippen molar-refractivity contribution in [1.82, 2.24) is 4.90 Å². The van der Waals surface area contributed by atoms with E-state index in [4.69, 9.17) is 11.6 Å². The summed E-state index contributed by atoms with van der Waals surface area (Å²) < 4.78 is 64.8. The van der Waals surface area contributed by atoms with Gasteiger partial charge in [-0.05, 0) is 43.2 Å². The van der Waals surface area contributed by atoms with Crippen LogP contribution < -0.4 is 9.62 Å². The minimum absolute atomic E-state index is 0.176. The number of para-hydroxylation sites is 1. The van der Waals surface area contributed by atoms with Gasteiger partial charge in [0, 0.05) is 13.1 Å². The number of nitrogens with one attached hydrogen (secondary N) is 1. The maximum Gasteiger partial charge on any atom is 0.416 e. The number of hydrogen-bond acceptors (Lipinski definition) is 4. The number of halogens is 4. The number of anilines is 2. The van der Waals surface area contributed by atoms with E-state index in [1.807, 2.05) is 0 Å². The maximum atomic E-state index is 13.2. The number of carbonyl (C=O) groups excluding carboxylic acids is 2. The molecule has 1 fully saturated rings. The summed E-state index contributed by atoms with van der Waals surface area (Å²) in [5.74, 6) is -1.11. The Morgan fingerprint density at radius 3 is 2.29 bits per heavy atom. The number of hydrogen-bond donors (Lipinski definition) is 1. The molecular formula is C23H25ClF3N3O4S. The first-order chi connectivity index (χ1) is 16.4. The molecule has 1 N–H and O–H groups in total. The quantitative estimate of drug-likeness (QED) is 0.581. The Labute approximate surface area is 206 Å². The molecule has 2 aromatic carbocycles. The molecule has 1 heterocycles. The van der Waals surface area contributed by atoms with Gasteiger partial charge in [0.25, 0.3) is 5.91 Å². The number of benzene rings is 2. The van der Waals surface area contributed by atoms with E-state index in [1.165, 1.54) is 6.07 Å². The fraction of sp³-hybridized carbons (Fsp3) is 0.391. The summed E-state index contributed by atoms with van der Waals surface area (Å²) in [6.07, 6.45) is -0.170. The molecule has 2 aromatic rings. The standard InChI is InChI=1S/C23H25ClF3N3O4S/c1-35(33,34)30(20-14-16(23(25,26)27)10-11-18(20)24)15-21(31)28-19-9-5-4-8-17(19)22(32)29-12-6-2-3-7-13-29/h4-5,8-11,14H,2-3,6-7,12-13,15H2,1H3,(H,28,31). The van der Waals surface area contributed by atoms with Gasteiger partial charge in [-0.15, -0.1) is 0 Å². The van der Waals surface area contributed by atoms with Crippen molar-refractivity contribution in [2.24, 2.45) is 0 Å². The van der Waals surface area contributed by atoms with Gasteiger partial charge in [-0.3, -0.25) is 13.9 Å². The molecule has 35 heavy (non-hydrogen) atoms. The molecule has 1 aliphatic rings. The number of sulfonamides is 1. The molecule has 3 rings (SSSR count). The average Bonchev–Trinajstić information content (AvgIpc) is 3.06. The normalized spacial score (nSPS) is 14.8. The smallest absolute Gasteiger partial charge is 0.339 e. The Bertz CT molecular complexity index is 1200. The fourth-order valence-corrected chi connectivity index (χ4v) is 4.93. The molecule has 0 atom stereocenters. The number of rotatable bonds is 6. The summed E-state index contributed by atoms with van der Waals surface area (Å²) in [6, 6.07) is 8.53. The van der Waals surface area contributed by atoms with E-state index in [-0.39, 0.29) is 22.2 Å². The van der Waals surface area contributed by atoms with Crippen LogP contribution in [0.15, 0.2) is 42.5 Å². The van der Waals surface area contributed by atoms with Crippen molar-refractivity contribution < 1.29 is 31.2 Å². The van der Waals surface area contributed by atoms with Gasteiger partial charge in [0.15, 0.2) is 0 Å². The van der Waals surface area contributed by atoms with Gasteiger partial charge >= 0.3 is 6.18 Å². The molecule has 0 bridgehead atoms. The second-order valence-electron chi connectivity index (χ2n) is 8.23. The van der Waals surface area contributed by atoms with Gasteiger partial charge in [0.05, 0.1) is 33.8 Å². The zero-order valence-corrected chi connectivity index (χ0v) is 20.5. The molecule has 0 aliphatic carbocycles. The highest BCUT2D eigenvalue weighted by Crippen LogP contribution is 2.36. The van der Waals surface area contributed by atoms with E-state index < -0.39 is 39.9 Å². The van der Waals surface area contributed by atoms with Crippen LogP contribution >= 0.6 is 11.6 Å². The Hall–Kier alpha value is -2.79. The summed E-state index contributed by atoms with van der Waals surface area (Å²) in [4.78, 5) is 27.6. The van der Waals surface area contributed by atoms with E-state index in [1.54, 1.807) is 23.1 Å². The van der Waals surface area contributed by atoms with Gasteiger partial charge in [0.1, 0.15) is 6.54 Å². The van der Waals surface area contributed by atoms with Crippen molar-refractivity contribution >= 4 is 44.8 Å². The van der Waals surface area contributed by atoms with Crippen LogP contribution in [0.3, 0.4) is 0 Å². The number of likely N-dealkylation sites (tertiary alicyclic amines) is 1. The fourth-order valence-electron chi connectivity index (χ4n) is 3.80. The predicted molar refractivity (Wildman–Crippen MR) is 128 cm³/mol. The largest absolute Gasteiger partial charge is 0.416 e. The van der Waals surface area contributed by atoms with E-state index in [0.717, 1.165) is 44.1 Å². The van der Waals surface area contributed by atoms with Crippen molar-refractivity contribution in [3.05, 3.63) is 58.6 Å². The van der Waals surface area contributed by atoms with E-state index in [2.05, 4.69) is 5.32 Å². The third-order valence-corrected chi connectivity index (χ3v) is 7.00. The molecular weight excluding hydrogens is 507 g/mol. The monoisotopic (exact) mass is 531 g/mol. The molecule has 0 unspecified atom stereocenters. The lowest BCUT2D eigenvalue weighted by atomic mass is 10.1. The number of nitrogens with zero attached hydrogens (tertiary/aromatic N) is 2. The van der Waals surface area contributed by atoms with Crippen LogP contribution in [0, 0.1) is 0 Å². The molecule has 12 heteroatoms. The van der Waals surface area contributed by atoms with Crippen molar-refractivity contribution in [3.8, 4) is 0 Å². The first-order valence-corrected chi connectivity index (χ1v) is 13.1. The highest BCUT2D eigenvalue weighted by atomic mass is 35.5. The Morgan fingerprint density at radius 1 is 1.06 bits per heavy atom. The van der Waals surface area contributed by atoms with Gasteiger partial charge in [-0.25, -0.2) is 8.42 Å². The lowest BCUT2D eigenvalue weighted by Crippen LogP contribution is -2.38. The minimum atomic E-state index is -4.74. The Morgan fingerprint density at radius 2 is 1.69 bits per heavy atom. The number of carbonyl (C=O) groups is 2. The van der Waals surface area contributed by atoms with E-state index >= 15 is 0 Å². The van der Waals surface area contributed by atoms with E-state index in [9.17, 15) is 31.2 Å². The Balaban J connectivity index is 1.86. The first kappa shape index (κ1) is 26.8. The minimum Gasteiger partial charge on any atom is -0.339 e. The molecule has 0 saturated carbocycles. The molecule has 0 spiro atoms. The van der Waals surface area contributed by atoms with E-state index in [0.29, 0.717) is 23.5 Å². The van der Waals surface area contributed by atoms with Gasteiger partial charge in [-0.1, -0.05) is 36.6 Å². The zero-order valence-electron chi connectivity index (χ0n) is 18.9. The van der Waals surface area contributed by atoms with Crippen molar-refractivity contribution in [2.45, 2.75) is 31.9 Å². The van der Waals surface area contributed by atoms with Gasteiger partial charge < -0.3 is 10.2 Å². The average molecular weight is 532 g/mol. The molecule has 1 saturated heterocycles. The molecule has 0 radical (unpaired) electrons. The van der Waals surface area contributed by atoms with Crippen LogP contribution in [-0.4, -0.2) is 51.0 Å². The molecule has 2 amide bonds. The van der Waals surface area contributed by atoms with Crippen LogP contribution in [0.5, 0.6) is 0 Å². The second kappa shape index (κ2) is 10.9. The molecule has 190 valence electrons. The lowest BCUT2D eigenvalue weighted by molar-refractivity contribution is -0.137. The SMILES string of the molecule is CS(=O)(=O)N(CC(=O)Nc1ccccc1C(=O)N1CCCCCC1)c1cc(C(F)(F)F)ccc1Cl. The molecule has 0 aromatic heterocycles. The van der Waals surface area contributed by atoms with Gasteiger partial charge in [-0.2, -0.15) is 13.2 Å². The topological polar surface area (TPSA) is 86.8 Å². The zero-order chi connectivity index (χ0) is 25.8. The van der Waals surface area contributed by atoms with Gasteiger partial charge in [0.2, 0.25) is 15.9 Å². The first-order valence-electron chi connectivity index (χ1n) is 10.9. The third kappa shape index (κ3) is 6.88. The van der Waals surface area contributed by atoms with Crippen molar-refractivity contribution in [3.63, 3.8) is 0 Å². The summed E-state index contributed by atoms with van der Waals surface area (Å²) in [5.41, 5.74) is -1.17. The van der Waals surface area contributed by atoms with Crippen molar-refractivity contribution in [2.75, 3.05) is 35.5 Å². The predicted octanol–water partition coefficient (Wildman–Crippen LogP) is 4.78. The summed E-state index contributed by atoms with van der Waals surface area (Å²) in [5, 5.41) is 2.25. The third-order valence-electron chi connectivity index (χ3n) is 5.55. The second-order valence-corrected chi connectivity index (χ2v) is 10.5. The number of amides is 2. The lowest BCUT2D eigenvalue weighted by Gasteiger charge is -2.25. The van der Waals surface area contributed by atoms with Crippen LogP contribution in [0.25, 0.3) is 0 Å².